The molecule has 3 atom stereocenters. The van der Waals surface area contributed by atoms with E-state index in [1.54, 1.807) is 0 Å². The minimum Gasteiger partial charge on any atom is -0.271 e. The summed E-state index contributed by atoms with van der Waals surface area (Å²) in [5.41, 5.74) is 4.16. The van der Waals surface area contributed by atoms with Crippen LogP contribution in [-0.4, -0.2) is 31.8 Å². The van der Waals surface area contributed by atoms with E-state index in [2.05, 4.69) is 35.3 Å². The highest BCUT2D eigenvalue weighted by molar-refractivity contribution is 8.07. The lowest BCUT2D eigenvalue weighted by atomic mass is 10.1. The van der Waals surface area contributed by atoms with Crippen LogP contribution in [0.1, 0.15) is 25.1 Å². The minimum atomic E-state index is 0.185. The molecule has 1 aliphatic heterocycles. The quantitative estimate of drug-likeness (QED) is 0.643. The number of thioether (sulfide) groups is 2. The van der Waals surface area contributed by atoms with E-state index in [9.17, 15) is 0 Å². The average molecular weight is 272 g/mol. The van der Waals surface area contributed by atoms with E-state index in [-0.39, 0.29) is 6.04 Å². The van der Waals surface area contributed by atoms with Gasteiger partial charge in [0, 0.05) is 35.3 Å². The molecule has 0 bridgehead atoms. The van der Waals surface area contributed by atoms with E-state index in [1.807, 2.05) is 29.7 Å². The van der Waals surface area contributed by atoms with Gasteiger partial charge in [-0.15, -0.1) is 0 Å². The van der Waals surface area contributed by atoms with Gasteiger partial charge < -0.3 is 0 Å². The summed E-state index contributed by atoms with van der Waals surface area (Å²) in [6.07, 6.45) is 3.03. The van der Waals surface area contributed by atoms with E-state index in [0.29, 0.717) is 10.5 Å². The van der Waals surface area contributed by atoms with Crippen molar-refractivity contribution in [1.82, 2.24) is 15.2 Å². The normalized spacial score (nSPS) is 27.0. The molecule has 1 saturated heterocycles. The summed E-state index contributed by atoms with van der Waals surface area (Å²) in [6, 6.07) is 2.24. The van der Waals surface area contributed by atoms with Crippen LogP contribution in [0.15, 0.2) is 12.3 Å². The summed E-state index contributed by atoms with van der Waals surface area (Å²) >= 11 is 4.10. The molecule has 0 saturated carbocycles. The summed E-state index contributed by atoms with van der Waals surface area (Å²) in [4.78, 5) is 0. The number of rotatable bonds is 4. The molecule has 0 radical (unpaired) electrons. The fourth-order valence-electron chi connectivity index (χ4n) is 2.28. The van der Waals surface area contributed by atoms with Crippen LogP contribution in [0.3, 0.4) is 0 Å². The molecule has 2 rings (SSSR count). The second-order valence-electron chi connectivity index (χ2n) is 4.18. The van der Waals surface area contributed by atoms with Crippen molar-refractivity contribution < 1.29 is 0 Å². The summed E-state index contributed by atoms with van der Waals surface area (Å²) in [5.74, 6) is 8.23. The second-order valence-corrected chi connectivity index (χ2v) is 6.81. The molecule has 17 heavy (non-hydrogen) atoms. The number of hydrogen-bond acceptors (Lipinski definition) is 5. The summed E-state index contributed by atoms with van der Waals surface area (Å²) in [7, 11) is 1.97. The monoisotopic (exact) mass is 272 g/mol. The highest BCUT2D eigenvalue weighted by atomic mass is 32.2. The van der Waals surface area contributed by atoms with Gasteiger partial charge in [-0.05, 0) is 12.5 Å². The Balaban J connectivity index is 2.19. The van der Waals surface area contributed by atoms with Crippen molar-refractivity contribution >= 4 is 23.5 Å². The molecular formula is C11H20N4S2. The van der Waals surface area contributed by atoms with Crippen molar-refractivity contribution in [2.24, 2.45) is 12.9 Å². The van der Waals surface area contributed by atoms with Crippen LogP contribution in [0.2, 0.25) is 0 Å². The van der Waals surface area contributed by atoms with Crippen molar-refractivity contribution in [3.05, 3.63) is 18.0 Å². The third-order valence-electron chi connectivity index (χ3n) is 3.18. The molecule has 4 nitrogen and oxygen atoms in total. The van der Waals surface area contributed by atoms with Crippen molar-refractivity contribution in [2.45, 2.75) is 29.9 Å². The van der Waals surface area contributed by atoms with Gasteiger partial charge in [0.05, 0.1) is 11.7 Å². The van der Waals surface area contributed by atoms with E-state index in [0.717, 1.165) is 0 Å². The van der Waals surface area contributed by atoms with Crippen LogP contribution in [0.25, 0.3) is 0 Å². The topological polar surface area (TPSA) is 55.9 Å². The van der Waals surface area contributed by atoms with Crippen LogP contribution in [0, 0.1) is 0 Å². The Labute approximate surface area is 111 Å². The van der Waals surface area contributed by atoms with E-state index in [1.165, 1.54) is 23.6 Å². The molecule has 0 amide bonds. The molecule has 96 valence electrons. The smallest absolute Gasteiger partial charge is 0.0758 e. The van der Waals surface area contributed by atoms with Crippen LogP contribution < -0.4 is 11.3 Å². The first-order valence-corrected chi connectivity index (χ1v) is 8.05. The Bertz CT molecular complexity index is 355. The number of nitrogens with one attached hydrogen (secondary N) is 1. The average Bonchev–Trinajstić information content (AvgIpc) is 2.78. The maximum Gasteiger partial charge on any atom is 0.0758 e. The Morgan fingerprint density at radius 3 is 2.94 bits per heavy atom. The molecule has 0 aromatic carbocycles. The van der Waals surface area contributed by atoms with Crippen molar-refractivity contribution in [3.63, 3.8) is 0 Å². The Morgan fingerprint density at radius 1 is 1.59 bits per heavy atom. The number of aryl methyl sites for hydroxylation is 1. The third kappa shape index (κ3) is 2.81. The summed E-state index contributed by atoms with van der Waals surface area (Å²) in [5, 5.41) is 5.43. The van der Waals surface area contributed by atoms with Crippen LogP contribution in [0.5, 0.6) is 0 Å². The van der Waals surface area contributed by atoms with Gasteiger partial charge in [0.25, 0.3) is 0 Å². The molecular weight excluding hydrogens is 252 g/mol. The molecule has 1 fully saturated rings. The maximum absolute atomic E-state index is 5.77. The highest BCUT2D eigenvalue weighted by Crippen LogP contribution is 2.39. The standard InChI is InChI=1S/C11H20N4S2/c1-3-9-11(17-7-6-16-9)10(14-12)8-4-5-13-15(8)2/h4-5,9-11,14H,3,6-7,12H2,1-2H3. The largest absolute Gasteiger partial charge is 0.271 e. The zero-order valence-corrected chi connectivity index (χ0v) is 11.9. The SMILES string of the molecule is CCC1SCCSC1C(NN)c1ccnn1C. The number of hydrogen-bond donors (Lipinski definition) is 2. The zero-order valence-electron chi connectivity index (χ0n) is 10.3. The van der Waals surface area contributed by atoms with Crippen molar-refractivity contribution in [3.8, 4) is 0 Å². The first-order chi connectivity index (χ1) is 8.27. The first kappa shape index (κ1) is 13.3. The van der Waals surface area contributed by atoms with Gasteiger partial charge in [0.1, 0.15) is 0 Å². The highest BCUT2D eigenvalue weighted by Gasteiger charge is 2.33. The van der Waals surface area contributed by atoms with E-state index >= 15 is 0 Å². The van der Waals surface area contributed by atoms with Gasteiger partial charge in [-0.25, -0.2) is 0 Å². The molecule has 1 aromatic heterocycles. The molecule has 0 spiro atoms. The summed E-state index contributed by atoms with van der Waals surface area (Å²) < 4.78 is 1.91. The van der Waals surface area contributed by atoms with Crippen molar-refractivity contribution in [2.75, 3.05) is 11.5 Å². The molecule has 2 heterocycles. The molecule has 6 heteroatoms. The molecule has 3 N–H and O–H groups in total. The minimum absolute atomic E-state index is 0.185. The number of nitrogens with two attached hydrogens (primary N) is 1. The third-order valence-corrected chi connectivity index (χ3v) is 6.53. The predicted octanol–water partition coefficient (Wildman–Crippen LogP) is 1.55. The first-order valence-electron chi connectivity index (χ1n) is 5.95. The van der Waals surface area contributed by atoms with Gasteiger partial charge in [-0.3, -0.25) is 16.0 Å². The number of nitrogens with zero attached hydrogens (tertiary/aromatic N) is 2. The lowest BCUT2D eigenvalue weighted by molar-refractivity contribution is 0.480. The van der Waals surface area contributed by atoms with Crippen LogP contribution in [-0.2, 0) is 7.05 Å². The summed E-state index contributed by atoms with van der Waals surface area (Å²) in [6.45, 7) is 2.26. The molecule has 0 aliphatic carbocycles. The van der Waals surface area contributed by atoms with E-state index < -0.39 is 0 Å². The molecule has 3 unspecified atom stereocenters. The second kappa shape index (κ2) is 6.13. The maximum atomic E-state index is 5.77. The Hall–Kier alpha value is -0.170. The Morgan fingerprint density at radius 2 is 2.35 bits per heavy atom. The predicted molar refractivity (Wildman–Crippen MR) is 76.1 cm³/mol. The zero-order chi connectivity index (χ0) is 12.3. The Kier molecular flexibility index (Phi) is 4.78. The molecule has 1 aliphatic rings. The van der Waals surface area contributed by atoms with Crippen LogP contribution in [0.4, 0.5) is 0 Å². The van der Waals surface area contributed by atoms with Gasteiger partial charge >= 0.3 is 0 Å². The number of hydrazine groups is 1. The van der Waals surface area contributed by atoms with Crippen molar-refractivity contribution in [1.29, 1.82) is 0 Å². The lowest BCUT2D eigenvalue weighted by Gasteiger charge is -2.35. The fourth-order valence-corrected chi connectivity index (χ4v) is 5.50. The molecule has 1 aromatic rings. The van der Waals surface area contributed by atoms with Gasteiger partial charge in [0.2, 0.25) is 0 Å². The fraction of sp³-hybridized carbons (Fsp3) is 0.727. The van der Waals surface area contributed by atoms with Gasteiger partial charge in [-0.2, -0.15) is 28.6 Å². The van der Waals surface area contributed by atoms with E-state index in [4.69, 9.17) is 5.84 Å². The lowest BCUT2D eigenvalue weighted by Crippen LogP contribution is -2.42. The number of aromatic nitrogens is 2. The van der Waals surface area contributed by atoms with Gasteiger partial charge in [-0.1, -0.05) is 6.92 Å². The van der Waals surface area contributed by atoms with Crippen LogP contribution >= 0.6 is 23.5 Å². The van der Waals surface area contributed by atoms with Gasteiger partial charge in [0.15, 0.2) is 0 Å².